The summed E-state index contributed by atoms with van der Waals surface area (Å²) in [5.41, 5.74) is 2.02. The minimum absolute atomic E-state index is 0.254. The van der Waals surface area contributed by atoms with E-state index < -0.39 is 0 Å². The number of benzene rings is 1. The lowest BCUT2D eigenvalue weighted by Gasteiger charge is -2.34. The van der Waals surface area contributed by atoms with Crippen LogP contribution in [0.5, 0.6) is 0 Å². The van der Waals surface area contributed by atoms with Gasteiger partial charge in [0.05, 0.1) is 12.7 Å². The summed E-state index contributed by atoms with van der Waals surface area (Å²) in [5.74, 6) is 1.90. The highest BCUT2D eigenvalue weighted by Gasteiger charge is 2.28. The van der Waals surface area contributed by atoms with Gasteiger partial charge < -0.3 is 4.74 Å². The first-order valence-corrected chi connectivity index (χ1v) is 7.31. The van der Waals surface area contributed by atoms with Crippen LogP contribution >= 0.6 is 0 Å². The van der Waals surface area contributed by atoms with Gasteiger partial charge in [-0.3, -0.25) is 0 Å². The molecule has 2 heteroatoms. The molecule has 1 aromatic rings. The summed E-state index contributed by atoms with van der Waals surface area (Å²) >= 11 is 0. The summed E-state index contributed by atoms with van der Waals surface area (Å²) in [7, 11) is 1.42. The lowest BCUT2D eigenvalue weighted by Crippen LogP contribution is -2.22. The maximum Gasteiger partial charge on any atom is 0.337 e. The van der Waals surface area contributed by atoms with E-state index in [1.165, 1.54) is 38.4 Å². The minimum Gasteiger partial charge on any atom is -0.465 e. The predicted octanol–water partition coefficient (Wildman–Crippen LogP) is 4.40. The molecule has 0 aromatic heterocycles. The molecule has 0 bridgehead atoms. The summed E-state index contributed by atoms with van der Waals surface area (Å²) in [6.45, 7) is 4.65. The fourth-order valence-corrected chi connectivity index (χ4v) is 3.36. The van der Waals surface area contributed by atoms with Gasteiger partial charge in [0.25, 0.3) is 0 Å². The minimum atomic E-state index is -0.254. The first-order valence-electron chi connectivity index (χ1n) is 7.31. The molecule has 1 fully saturated rings. The van der Waals surface area contributed by atoms with Gasteiger partial charge >= 0.3 is 5.97 Å². The van der Waals surface area contributed by atoms with Crippen molar-refractivity contribution in [3.8, 4) is 0 Å². The van der Waals surface area contributed by atoms with Crippen molar-refractivity contribution >= 4 is 5.97 Å². The van der Waals surface area contributed by atoms with Gasteiger partial charge in [-0.05, 0) is 48.3 Å². The third-order valence-electron chi connectivity index (χ3n) is 4.44. The van der Waals surface area contributed by atoms with E-state index >= 15 is 0 Å². The summed E-state index contributed by atoms with van der Waals surface area (Å²) in [6.07, 6.45) is 5.30. The molecule has 0 unspecified atom stereocenters. The highest BCUT2D eigenvalue weighted by molar-refractivity contribution is 5.89. The lowest BCUT2D eigenvalue weighted by atomic mass is 9.70. The molecular formula is C17H24O2. The first-order chi connectivity index (χ1) is 9.13. The fraction of sp³-hybridized carbons (Fsp3) is 0.588. The molecule has 0 saturated heterocycles. The van der Waals surface area contributed by atoms with Gasteiger partial charge in [-0.15, -0.1) is 0 Å². The van der Waals surface area contributed by atoms with E-state index in [2.05, 4.69) is 26.0 Å². The zero-order chi connectivity index (χ0) is 13.8. The Labute approximate surface area is 116 Å². The number of esters is 1. The third-order valence-corrected chi connectivity index (χ3v) is 4.44. The molecule has 0 amide bonds. The molecule has 0 N–H and O–H groups in total. The van der Waals surface area contributed by atoms with Crippen LogP contribution < -0.4 is 0 Å². The molecule has 1 aliphatic rings. The molecule has 2 nitrogen and oxygen atoms in total. The van der Waals surface area contributed by atoms with Gasteiger partial charge in [0.15, 0.2) is 0 Å². The Kier molecular flexibility index (Phi) is 4.62. The second kappa shape index (κ2) is 6.23. The number of methoxy groups -OCH3 is 1. The Balaban J connectivity index is 2.18. The number of hydrogen-bond donors (Lipinski definition) is 0. The van der Waals surface area contributed by atoms with E-state index in [0.717, 1.165) is 11.8 Å². The van der Waals surface area contributed by atoms with Gasteiger partial charge in [0, 0.05) is 0 Å². The van der Waals surface area contributed by atoms with Crippen LogP contribution in [0.1, 0.15) is 61.4 Å². The zero-order valence-corrected chi connectivity index (χ0v) is 12.2. The number of carbonyl (C=O) groups is 1. The normalized spacial score (nSPS) is 23.4. The topological polar surface area (TPSA) is 26.3 Å². The molecule has 0 aliphatic heterocycles. The SMILES string of the molecule is COC(=O)c1ccc([C@@H]2CCCC[C@H]2C(C)C)cc1. The summed E-state index contributed by atoms with van der Waals surface area (Å²) in [5, 5.41) is 0. The van der Waals surface area contributed by atoms with Crippen molar-refractivity contribution < 1.29 is 9.53 Å². The lowest BCUT2D eigenvalue weighted by molar-refractivity contribution is 0.0600. The van der Waals surface area contributed by atoms with E-state index in [9.17, 15) is 4.79 Å². The maximum atomic E-state index is 11.5. The van der Waals surface area contributed by atoms with Crippen molar-refractivity contribution in [2.45, 2.75) is 45.4 Å². The van der Waals surface area contributed by atoms with Crippen LogP contribution in [0.15, 0.2) is 24.3 Å². The summed E-state index contributed by atoms with van der Waals surface area (Å²) in [6, 6.07) is 8.01. The highest BCUT2D eigenvalue weighted by atomic mass is 16.5. The smallest absolute Gasteiger partial charge is 0.337 e. The monoisotopic (exact) mass is 260 g/mol. The van der Waals surface area contributed by atoms with Crippen LogP contribution in [-0.2, 0) is 4.74 Å². The van der Waals surface area contributed by atoms with Crippen LogP contribution in [0.4, 0.5) is 0 Å². The molecular weight excluding hydrogens is 236 g/mol. The largest absolute Gasteiger partial charge is 0.465 e. The molecule has 1 saturated carbocycles. The Morgan fingerprint density at radius 3 is 2.37 bits per heavy atom. The average Bonchev–Trinajstić information content (AvgIpc) is 2.46. The molecule has 0 radical (unpaired) electrons. The van der Waals surface area contributed by atoms with E-state index in [1.807, 2.05) is 12.1 Å². The molecule has 104 valence electrons. The van der Waals surface area contributed by atoms with Gasteiger partial charge in [-0.1, -0.05) is 38.8 Å². The first kappa shape index (κ1) is 14.1. The predicted molar refractivity (Wildman–Crippen MR) is 77.3 cm³/mol. The molecule has 2 rings (SSSR count). The van der Waals surface area contributed by atoms with Crippen molar-refractivity contribution in [1.82, 2.24) is 0 Å². The Morgan fingerprint density at radius 1 is 1.16 bits per heavy atom. The number of ether oxygens (including phenoxy) is 1. The van der Waals surface area contributed by atoms with E-state index in [1.54, 1.807) is 0 Å². The van der Waals surface area contributed by atoms with Crippen molar-refractivity contribution in [2.24, 2.45) is 11.8 Å². The van der Waals surface area contributed by atoms with E-state index in [-0.39, 0.29) is 5.97 Å². The molecule has 0 spiro atoms. The highest BCUT2D eigenvalue weighted by Crippen LogP contribution is 2.41. The standard InChI is InChI=1S/C17H24O2/c1-12(2)15-6-4-5-7-16(15)13-8-10-14(11-9-13)17(18)19-3/h8-12,15-16H,4-7H2,1-3H3/t15-,16-/m0/s1. The zero-order valence-electron chi connectivity index (χ0n) is 12.2. The number of rotatable bonds is 3. The Hall–Kier alpha value is -1.31. The van der Waals surface area contributed by atoms with Crippen LogP contribution in [0.25, 0.3) is 0 Å². The van der Waals surface area contributed by atoms with Crippen molar-refractivity contribution in [3.05, 3.63) is 35.4 Å². The quantitative estimate of drug-likeness (QED) is 0.753. The Morgan fingerprint density at radius 2 is 1.79 bits per heavy atom. The van der Waals surface area contributed by atoms with Crippen LogP contribution in [0.2, 0.25) is 0 Å². The second-order valence-corrected chi connectivity index (χ2v) is 5.91. The average molecular weight is 260 g/mol. The van der Waals surface area contributed by atoms with E-state index in [4.69, 9.17) is 4.74 Å². The van der Waals surface area contributed by atoms with E-state index in [0.29, 0.717) is 11.5 Å². The molecule has 19 heavy (non-hydrogen) atoms. The third kappa shape index (κ3) is 3.17. The van der Waals surface area contributed by atoms with Crippen LogP contribution in [0.3, 0.4) is 0 Å². The van der Waals surface area contributed by atoms with Crippen LogP contribution in [0, 0.1) is 11.8 Å². The van der Waals surface area contributed by atoms with Gasteiger partial charge in [0.1, 0.15) is 0 Å². The van der Waals surface area contributed by atoms with Gasteiger partial charge in [-0.2, -0.15) is 0 Å². The summed E-state index contributed by atoms with van der Waals surface area (Å²) < 4.78 is 4.74. The van der Waals surface area contributed by atoms with Gasteiger partial charge in [-0.25, -0.2) is 4.79 Å². The number of hydrogen-bond acceptors (Lipinski definition) is 2. The molecule has 0 heterocycles. The van der Waals surface area contributed by atoms with Crippen LogP contribution in [-0.4, -0.2) is 13.1 Å². The van der Waals surface area contributed by atoms with Gasteiger partial charge in [0.2, 0.25) is 0 Å². The van der Waals surface area contributed by atoms with Crippen molar-refractivity contribution in [1.29, 1.82) is 0 Å². The molecule has 1 aromatic carbocycles. The van der Waals surface area contributed by atoms with Crippen molar-refractivity contribution in [3.63, 3.8) is 0 Å². The summed E-state index contributed by atoms with van der Waals surface area (Å²) in [4.78, 5) is 11.5. The Bertz CT molecular complexity index is 419. The fourth-order valence-electron chi connectivity index (χ4n) is 3.36. The van der Waals surface area contributed by atoms with Crippen molar-refractivity contribution in [2.75, 3.05) is 7.11 Å². The molecule has 1 aliphatic carbocycles. The maximum absolute atomic E-state index is 11.5. The number of carbonyl (C=O) groups excluding carboxylic acids is 1. The second-order valence-electron chi connectivity index (χ2n) is 5.91. The molecule has 2 atom stereocenters.